The van der Waals surface area contributed by atoms with E-state index in [-0.39, 0.29) is 29.0 Å². The van der Waals surface area contributed by atoms with Gasteiger partial charge < -0.3 is 14.5 Å². The number of amides is 1. The van der Waals surface area contributed by atoms with Crippen molar-refractivity contribution >= 4 is 39.6 Å². The van der Waals surface area contributed by atoms with E-state index in [0.29, 0.717) is 23.0 Å². The molecule has 0 N–H and O–H groups in total. The third kappa shape index (κ3) is 5.54. The molecular weight excluding hydrogens is 586 g/mol. The molecule has 1 amide bonds. The highest BCUT2D eigenvalue weighted by molar-refractivity contribution is 7.16. The van der Waals surface area contributed by atoms with Crippen LogP contribution in [-0.4, -0.2) is 68.3 Å². The molecule has 1 saturated carbocycles. The Balaban J connectivity index is 1.27. The number of pyridine rings is 2. The molecule has 1 unspecified atom stereocenters. The van der Waals surface area contributed by atoms with E-state index in [4.69, 9.17) is 16.3 Å². The van der Waals surface area contributed by atoms with Crippen LogP contribution in [0.3, 0.4) is 0 Å². The average molecular weight is 610 g/mol. The number of hydrogen-bond donors (Lipinski definition) is 0. The highest BCUT2D eigenvalue weighted by Gasteiger charge is 2.40. The number of anilines is 1. The number of imidazole rings is 1. The van der Waals surface area contributed by atoms with Gasteiger partial charge in [-0.1, -0.05) is 22.9 Å². The van der Waals surface area contributed by atoms with Crippen molar-refractivity contribution in [2.45, 2.75) is 44.3 Å². The van der Waals surface area contributed by atoms with Gasteiger partial charge >= 0.3 is 6.18 Å². The molecule has 4 aromatic heterocycles. The second-order valence-corrected chi connectivity index (χ2v) is 11.6. The summed E-state index contributed by atoms with van der Waals surface area (Å²) >= 11 is 7.57. The van der Waals surface area contributed by atoms with Crippen molar-refractivity contribution in [3.8, 4) is 5.75 Å². The van der Waals surface area contributed by atoms with Crippen LogP contribution in [0.2, 0.25) is 5.15 Å². The summed E-state index contributed by atoms with van der Waals surface area (Å²) in [6.45, 7) is 0.403. The van der Waals surface area contributed by atoms with Gasteiger partial charge in [0.1, 0.15) is 34.9 Å². The minimum atomic E-state index is -4.42. The number of aromatic nitrogens is 5. The summed E-state index contributed by atoms with van der Waals surface area (Å²) in [5.74, 6) is -0.657. The lowest BCUT2D eigenvalue weighted by Crippen LogP contribution is -2.44. The fourth-order valence-electron chi connectivity index (χ4n) is 5.02. The predicted molar refractivity (Wildman–Crippen MR) is 143 cm³/mol. The number of alkyl halides is 3. The smallest absolute Gasteiger partial charge is 0.405 e. The van der Waals surface area contributed by atoms with Crippen molar-refractivity contribution in [2.24, 2.45) is 0 Å². The van der Waals surface area contributed by atoms with Crippen LogP contribution in [0, 0.1) is 12.7 Å². The van der Waals surface area contributed by atoms with Crippen LogP contribution in [0.4, 0.5) is 23.4 Å². The van der Waals surface area contributed by atoms with Gasteiger partial charge in [0.05, 0.1) is 11.4 Å². The van der Waals surface area contributed by atoms with E-state index in [1.165, 1.54) is 41.5 Å². The topological polar surface area (TPSA) is 88.8 Å². The molecule has 6 rings (SSSR count). The van der Waals surface area contributed by atoms with Crippen molar-refractivity contribution in [1.29, 1.82) is 0 Å². The van der Waals surface area contributed by atoms with Crippen LogP contribution in [0.5, 0.6) is 5.75 Å². The van der Waals surface area contributed by atoms with Gasteiger partial charge in [-0.05, 0) is 49.4 Å². The van der Waals surface area contributed by atoms with E-state index in [9.17, 15) is 18.0 Å². The van der Waals surface area contributed by atoms with Gasteiger partial charge in [0.2, 0.25) is 4.96 Å². The van der Waals surface area contributed by atoms with Crippen LogP contribution in [0.25, 0.3) is 4.96 Å². The standard InChI is InChI=1S/C26H24ClF4N7O2S/c1-13-35-38-22-17(33-25(38)41-13)7-8-37(23(22)21-16(28)9-15(10-32-21)14-3-4-14)20(39)11-40-18-5-6-19(34-24(18)27)36(2)12-26(29,30)31/h5-6,9-10,14,23H,3-4,7-8,11-12H2,1-2H3. The molecular formula is C26H24ClF4N7O2S. The van der Waals surface area contributed by atoms with Crippen molar-refractivity contribution in [3.05, 3.63) is 63.0 Å². The predicted octanol–water partition coefficient (Wildman–Crippen LogP) is 5.11. The second-order valence-electron chi connectivity index (χ2n) is 10.1. The van der Waals surface area contributed by atoms with E-state index in [2.05, 4.69) is 20.1 Å². The van der Waals surface area contributed by atoms with Gasteiger partial charge in [-0.15, -0.1) is 0 Å². The minimum Gasteiger partial charge on any atom is -0.481 e. The first-order valence-corrected chi connectivity index (χ1v) is 14.0. The van der Waals surface area contributed by atoms with Crippen LogP contribution in [0.15, 0.2) is 24.4 Å². The number of halogens is 5. The number of rotatable bonds is 7. The molecule has 1 atom stereocenters. The van der Waals surface area contributed by atoms with Gasteiger partial charge in [0.15, 0.2) is 17.5 Å². The lowest BCUT2D eigenvalue weighted by atomic mass is 9.98. The highest BCUT2D eigenvalue weighted by Crippen LogP contribution is 2.42. The molecule has 9 nitrogen and oxygen atoms in total. The molecule has 1 aliphatic carbocycles. The van der Waals surface area contributed by atoms with E-state index >= 15 is 4.39 Å². The number of carbonyl (C=O) groups is 1. The maximum atomic E-state index is 15.6. The Morgan fingerprint density at radius 1 is 1.27 bits per heavy atom. The monoisotopic (exact) mass is 609 g/mol. The first-order valence-electron chi connectivity index (χ1n) is 12.9. The largest absolute Gasteiger partial charge is 0.481 e. The molecule has 5 heterocycles. The Kier molecular flexibility index (Phi) is 7.00. The molecule has 1 aliphatic heterocycles. The fraction of sp³-hybridized carbons (Fsp3) is 0.423. The van der Waals surface area contributed by atoms with E-state index in [1.54, 1.807) is 10.7 Å². The Labute approximate surface area is 240 Å². The lowest BCUT2D eigenvalue weighted by Gasteiger charge is -2.35. The molecule has 15 heteroatoms. The number of hydrogen-bond acceptors (Lipinski definition) is 8. The van der Waals surface area contributed by atoms with Crippen molar-refractivity contribution < 1.29 is 27.1 Å². The van der Waals surface area contributed by atoms with Crippen LogP contribution in [0.1, 0.15) is 52.5 Å². The van der Waals surface area contributed by atoms with Gasteiger partial charge in [-0.2, -0.15) is 18.3 Å². The second kappa shape index (κ2) is 10.4. The Hall–Kier alpha value is -3.52. The van der Waals surface area contributed by atoms with Gasteiger partial charge in [0.25, 0.3) is 5.91 Å². The zero-order valence-corrected chi connectivity index (χ0v) is 23.5. The molecule has 216 valence electrons. The van der Waals surface area contributed by atoms with Gasteiger partial charge in [-0.25, -0.2) is 18.9 Å². The summed E-state index contributed by atoms with van der Waals surface area (Å²) in [6.07, 6.45) is -0.337. The molecule has 2 aliphatic rings. The minimum absolute atomic E-state index is 0.00544. The van der Waals surface area contributed by atoms with Crippen molar-refractivity contribution in [3.63, 3.8) is 0 Å². The van der Waals surface area contributed by atoms with E-state index in [1.807, 2.05) is 6.92 Å². The first-order chi connectivity index (χ1) is 19.5. The summed E-state index contributed by atoms with van der Waals surface area (Å²) in [5.41, 5.74) is 2.22. The Morgan fingerprint density at radius 2 is 2.05 bits per heavy atom. The molecule has 0 aromatic carbocycles. The number of ether oxygens (including phenoxy) is 1. The summed E-state index contributed by atoms with van der Waals surface area (Å²) in [5, 5.41) is 5.12. The number of nitrogens with zero attached hydrogens (tertiary/aromatic N) is 7. The molecule has 41 heavy (non-hydrogen) atoms. The van der Waals surface area contributed by atoms with Crippen LogP contribution >= 0.6 is 22.9 Å². The Bertz CT molecular complexity index is 1640. The molecule has 0 spiro atoms. The summed E-state index contributed by atoms with van der Waals surface area (Å²) in [6, 6.07) is 3.27. The number of fused-ring (bicyclic) bond motifs is 3. The summed E-state index contributed by atoms with van der Waals surface area (Å²) in [4.78, 5) is 29.7. The van der Waals surface area contributed by atoms with Crippen molar-refractivity contribution in [2.75, 3.05) is 31.6 Å². The SMILES string of the molecule is Cc1nn2c3c(nc2s1)CCN(C(=O)COc1ccc(N(C)CC(F)(F)F)nc1Cl)C3c1ncc(C2CC2)cc1F. The van der Waals surface area contributed by atoms with Gasteiger partial charge in [-0.3, -0.25) is 9.78 Å². The van der Waals surface area contributed by atoms with E-state index < -0.39 is 37.1 Å². The maximum Gasteiger partial charge on any atom is 0.405 e. The fourth-order valence-corrected chi connectivity index (χ4v) is 5.99. The summed E-state index contributed by atoms with van der Waals surface area (Å²) < 4.78 is 61.1. The zero-order valence-electron chi connectivity index (χ0n) is 22.0. The normalized spacial score (nSPS) is 17.1. The van der Waals surface area contributed by atoms with Crippen LogP contribution < -0.4 is 9.64 Å². The number of aryl methyl sites for hydroxylation is 1. The van der Waals surface area contributed by atoms with E-state index in [0.717, 1.165) is 34.0 Å². The Morgan fingerprint density at radius 3 is 2.73 bits per heavy atom. The molecule has 0 radical (unpaired) electrons. The third-order valence-electron chi connectivity index (χ3n) is 7.05. The number of carbonyl (C=O) groups excluding carboxylic acids is 1. The quantitative estimate of drug-likeness (QED) is 0.213. The van der Waals surface area contributed by atoms with Gasteiger partial charge in [0, 0.05) is 26.2 Å². The van der Waals surface area contributed by atoms with Crippen LogP contribution in [-0.2, 0) is 11.2 Å². The maximum absolute atomic E-state index is 15.6. The molecule has 0 bridgehead atoms. The molecule has 0 saturated heterocycles. The average Bonchev–Trinajstić information content (AvgIpc) is 3.61. The lowest BCUT2D eigenvalue weighted by molar-refractivity contribution is -0.135. The first kappa shape index (κ1) is 27.6. The zero-order chi connectivity index (χ0) is 29.1. The molecule has 4 aromatic rings. The molecule has 1 fully saturated rings. The van der Waals surface area contributed by atoms with Crippen molar-refractivity contribution in [1.82, 2.24) is 29.5 Å². The summed E-state index contributed by atoms with van der Waals surface area (Å²) in [7, 11) is 1.24. The highest BCUT2D eigenvalue weighted by atomic mass is 35.5. The third-order valence-corrected chi connectivity index (χ3v) is 8.15.